The largest absolute Gasteiger partial charge is 0.153 e. The minimum Gasteiger partial charge on any atom is -0.153 e. The van der Waals surface area contributed by atoms with Gasteiger partial charge in [-0.3, -0.25) is 0 Å². The number of aryl methyl sites for hydroxylation is 2. The van der Waals surface area contributed by atoms with Gasteiger partial charge >= 0.3 is 37.9 Å². The van der Waals surface area contributed by atoms with E-state index in [0.717, 1.165) is 12.8 Å². The summed E-state index contributed by atoms with van der Waals surface area (Å²) in [4.78, 5) is 0. The van der Waals surface area contributed by atoms with E-state index in [9.17, 15) is 0 Å². The van der Waals surface area contributed by atoms with Crippen molar-refractivity contribution >= 4 is 27.8 Å². The van der Waals surface area contributed by atoms with Crippen LogP contribution in [0.3, 0.4) is 0 Å². The van der Waals surface area contributed by atoms with Crippen LogP contribution < -0.4 is 0 Å². The SMILES string of the molecule is [Cl][Zr][Cl].c1ccc(CCc2c[cH-]c3ccccc23)cc1. The van der Waals surface area contributed by atoms with E-state index in [4.69, 9.17) is 17.0 Å². The Balaban J connectivity index is 0.000000452. The molecule has 3 heteroatoms. The normalized spacial score (nSPS) is 9.90. The summed E-state index contributed by atoms with van der Waals surface area (Å²) < 4.78 is 0. The molecule has 0 aromatic heterocycles. The number of hydrogen-bond donors (Lipinski definition) is 0. The topological polar surface area (TPSA) is 0 Å². The van der Waals surface area contributed by atoms with Crippen LogP contribution in [0.4, 0.5) is 0 Å². The van der Waals surface area contributed by atoms with Crippen LogP contribution in [0, 0.1) is 0 Å². The van der Waals surface area contributed by atoms with Crippen LogP contribution in [-0.2, 0) is 33.7 Å². The average Bonchev–Trinajstić information content (AvgIpc) is 2.90. The summed E-state index contributed by atoms with van der Waals surface area (Å²) in [7, 11) is 9.87. The summed E-state index contributed by atoms with van der Waals surface area (Å²) >= 11 is -0.826. The molecule has 20 heavy (non-hydrogen) atoms. The molecule has 3 aromatic carbocycles. The smallest absolute Gasteiger partial charge is 0.0326 e. The van der Waals surface area contributed by atoms with E-state index in [1.54, 1.807) is 0 Å². The standard InChI is InChI=1S/C17H15.2ClH.Zr/c1-2-6-14(7-3-1)10-11-16-13-12-15-8-4-5-9-17(15)16;;;/h1-9,12-13H,10-11H2;2*1H;/q-1;;;+2/p-2. The van der Waals surface area contributed by atoms with Gasteiger partial charge in [-0.05, 0) is 12.0 Å². The zero-order valence-corrected chi connectivity index (χ0v) is 15.0. The molecule has 0 atom stereocenters. The molecule has 0 aliphatic heterocycles. The van der Waals surface area contributed by atoms with Crippen molar-refractivity contribution in [2.45, 2.75) is 12.8 Å². The second kappa shape index (κ2) is 8.72. The number of halogens is 2. The van der Waals surface area contributed by atoms with Crippen LogP contribution >= 0.6 is 17.0 Å². The molecule has 0 saturated carbocycles. The van der Waals surface area contributed by atoms with Gasteiger partial charge < -0.3 is 0 Å². The van der Waals surface area contributed by atoms with Gasteiger partial charge in [-0.15, -0.1) is 41.1 Å². The predicted molar refractivity (Wildman–Crippen MR) is 85.1 cm³/mol. The van der Waals surface area contributed by atoms with Gasteiger partial charge in [0.25, 0.3) is 0 Å². The molecule has 0 radical (unpaired) electrons. The fourth-order valence-corrected chi connectivity index (χ4v) is 2.36. The number of hydrogen-bond acceptors (Lipinski definition) is 0. The van der Waals surface area contributed by atoms with Crippen LogP contribution in [0.15, 0.2) is 66.7 Å². The van der Waals surface area contributed by atoms with Gasteiger partial charge in [0.2, 0.25) is 0 Å². The maximum absolute atomic E-state index is 4.93. The molecule has 0 unspecified atom stereocenters. The maximum Gasteiger partial charge on any atom is -0.0326 e. The number of fused-ring (bicyclic) bond motifs is 1. The molecule has 0 N–H and O–H groups in total. The summed E-state index contributed by atoms with van der Waals surface area (Å²) in [5, 5.41) is 2.76. The molecular weight excluding hydrogens is 366 g/mol. The molecule has 0 fully saturated rings. The molecule has 0 aliphatic rings. The second-order valence-corrected chi connectivity index (χ2v) is 8.23. The molecular formula is C17H15Cl2Zr-. The minimum atomic E-state index is -0.826. The first kappa shape index (κ1) is 15.9. The molecule has 3 rings (SSSR count). The van der Waals surface area contributed by atoms with Crippen molar-refractivity contribution in [3.8, 4) is 0 Å². The molecule has 0 spiro atoms. The van der Waals surface area contributed by atoms with Gasteiger partial charge in [-0.2, -0.15) is 5.56 Å². The van der Waals surface area contributed by atoms with E-state index >= 15 is 0 Å². The molecule has 3 aromatic rings. The molecule has 0 amide bonds. The van der Waals surface area contributed by atoms with Crippen LogP contribution in [0.1, 0.15) is 11.1 Å². The first-order chi connectivity index (χ1) is 9.85. The van der Waals surface area contributed by atoms with E-state index in [1.807, 2.05) is 0 Å². The Morgan fingerprint density at radius 3 is 2.25 bits per heavy atom. The van der Waals surface area contributed by atoms with Gasteiger partial charge in [-0.1, -0.05) is 42.8 Å². The Morgan fingerprint density at radius 2 is 1.50 bits per heavy atom. The van der Waals surface area contributed by atoms with E-state index in [2.05, 4.69) is 66.7 Å². The third-order valence-corrected chi connectivity index (χ3v) is 3.30. The average molecular weight is 381 g/mol. The minimum absolute atomic E-state index is 0.826. The van der Waals surface area contributed by atoms with E-state index in [0.29, 0.717) is 0 Å². The van der Waals surface area contributed by atoms with Crippen LogP contribution in [0.25, 0.3) is 10.8 Å². The quantitative estimate of drug-likeness (QED) is 0.509. The van der Waals surface area contributed by atoms with Gasteiger partial charge in [0, 0.05) is 0 Å². The van der Waals surface area contributed by atoms with Crippen LogP contribution in [0.2, 0.25) is 0 Å². The van der Waals surface area contributed by atoms with Gasteiger partial charge in [0.15, 0.2) is 0 Å². The van der Waals surface area contributed by atoms with Crippen molar-refractivity contribution < 1.29 is 20.8 Å². The molecule has 0 aliphatic carbocycles. The summed E-state index contributed by atoms with van der Waals surface area (Å²) in [6.07, 6.45) is 2.24. The van der Waals surface area contributed by atoms with Gasteiger partial charge in [-0.25, -0.2) is 0 Å². The Labute approximate surface area is 138 Å². The third-order valence-electron chi connectivity index (χ3n) is 3.30. The van der Waals surface area contributed by atoms with Crippen LogP contribution in [-0.4, -0.2) is 0 Å². The van der Waals surface area contributed by atoms with Gasteiger partial charge in [0.1, 0.15) is 0 Å². The van der Waals surface area contributed by atoms with Crippen LogP contribution in [0.5, 0.6) is 0 Å². The molecule has 0 heterocycles. The molecule has 102 valence electrons. The van der Waals surface area contributed by atoms with Crippen molar-refractivity contribution in [1.82, 2.24) is 0 Å². The van der Waals surface area contributed by atoms with Crippen molar-refractivity contribution in [1.29, 1.82) is 0 Å². The maximum atomic E-state index is 4.93. The van der Waals surface area contributed by atoms with Crippen molar-refractivity contribution in [3.05, 3.63) is 77.9 Å². The zero-order chi connectivity index (χ0) is 14.2. The first-order valence-corrected chi connectivity index (χ1v) is 12.8. The monoisotopic (exact) mass is 379 g/mol. The van der Waals surface area contributed by atoms with Crippen molar-refractivity contribution in [2.75, 3.05) is 0 Å². The van der Waals surface area contributed by atoms with Gasteiger partial charge in [0.05, 0.1) is 0 Å². The zero-order valence-electron chi connectivity index (χ0n) is 11.0. The molecule has 0 saturated heterocycles. The summed E-state index contributed by atoms with van der Waals surface area (Å²) in [6.45, 7) is 0. The summed E-state index contributed by atoms with van der Waals surface area (Å²) in [5.41, 5.74) is 2.88. The fourth-order valence-electron chi connectivity index (χ4n) is 2.36. The summed E-state index contributed by atoms with van der Waals surface area (Å²) in [6, 6.07) is 23.8. The van der Waals surface area contributed by atoms with Crippen molar-refractivity contribution in [3.63, 3.8) is 0 Å². The number of benzene rings is 2. The third kappa shape index (κ3) is 4.52. The van der Waals surface area contributed by atoms with Crippen molar-refractivity contribution in [2.24, 2.45) is 0 Å². The fraction of sp³-hybridized carbons (Fsp3) is 0.118. The molecule has 0 nitrogen and oxygen atoms in total. The Morgan fingerprint density at radius 1 is 0.850 bits per heavy atom. The van der Waals surface area contributed by atoms with E-state index < -0.39 is 20.8 Å². The Kier molecular flexibility index (Phi) is 6.93. The summed E-state index contributed by atoms with van der Waals surface area (Å²) in [5.74, 6) is 0. The first-order valence-electron chi connectivity index (χ1n) is 6.48. The number of rotatable bonds is 3. The molecule has 0 bridgehead atoms. The predicted octanol–water partition coefficient (Wildman–Crippen LogP) is 5.72. The Bertz CT molecular complexity index is 632. The van der Waals surface area contributed by atoms with E-state index in [-0.39, 0.29) is 0 Å². The van der Waals surface area contributed by atoms with E-state index in [1.165, 1.54) is 21.9 Å². The Hall–Kier alpha value is -0.487. The second-order valence-electron chi connectivity index (χ2n) is 4.50.